The van der Waals surface area contributed by atoms with Crippen molar-refractivity contribution < 1.29 is 33.6 Å². The number of aliphatic hydroxyl groups is 1. The van der Waals surface area contributed by atoms with Crippen LogP contribution in [0.5, 0.6) is 0 Å². The molecule has 0 aromatic heterocycles. The zero-order valence-electron chi connectivity index (χ0n) is 15.8. The average molecular weight is 368 g/mol. The van der Waals surface area contributed by atoms with Gasteiger partial charge in [-0.2, -0.15) is 0 Å². The van der Waals surface area contributed by atoms with Gasteiger partial charge < -0.3 is 24.1 Å². The number of hydrogen-bond donors (Lipinski definition) is 1. The number of esters is 1. The fourth-order valence-corrected chi connectivity index (χ4v) is 4.34. The van der Waals surface area contributed by atoms with Gasteiger partial charge in [-0.25, -0.2) is 4.79 Å². The number of carbonyl (C=O) groups excluding carboxylic acids is 2. The lowest BCUT2D eigenvalue weighted by molar-refractivity contribution is -0.176. The van der Waals surface area contributed by atoms with Crippen molar-refractivity contribution in [3.8, 4) is 0 Å². The molecule has 1 spiro atoms. The van der Waals surface area contributed by atoms with Crippen LogP contribution in [0.4, 0.5) is 0 Å². The minimum Gasteiger partial charge on any atom is -0.454 e. The van der Waals surface area contributed by atoms with Crippen molar-refractivity contribution in [3.05, 3.63) is 11.6 Å². The standard InChI is InChI=1S/C19H28O7/c1-11(2)5-6-14-18(3,26-14)16-15(23-4)13(7-8-19(16)10-24-19)25-17(22)12(21)9-20/h5,13-16,20H,6-10H2,1-4H3/t13-,14-,15-,16-,18+,19+/m1/s1. The number of hydrogen-bond acceptors (Lipinski definition) is 7. The van der Waals surface area contributed by atoms with Crippen LogP contribution in [0.2, 0.25) is 0 Å². The summed E-state index contributed by atoms with van der Waals surface area (Å²) in [5.41, 5.74) is 0.510. The largest absolute Gasteiger partial charge is 0.454 e. The molecule has 0 unspecified atom stereocenters. The van der Waals surface area contributed by atoms with Gasteiger partial charge in [-0.3, -0.25) is 4.79 Å². The summed E-state index contributed by atoms with van der Waals surface area (Å²) in [5, 5.41) is 8.85. The predicted octanol–water partition coefficient (Wildman–Crippen LogP) is 1.17. The maximum absolute atomic E-state index is 11.8. The highest BCUT2D eigenvalue weighted by molar-refractivity contribution is 6.34. The van der Waals surface area contributed by atoms with E-state index < -0.39 is 36.2 Å². The number of ether oxygens (including phenoxy) is 4. The highest BCUT2D eigenvalue weighted by Gasteiger charge is 2.72. The molecule has 0 radical (unpaired) electrons. The Balaban J connectivity index is 1.77. The van der Waals surface area contributed by atoms with Gasteiger partial charge in [0.1, 0.15) is 30.0 Å². The number of epoxide rings is 2. The molecule has 7 nitrogen and oxygen atoms in total. The number of carbonyl (C=O) groups is 2. The van der Waals surface area contributed by atoms with E-state index >= 15 is 0 Å². The third-order valence-corrected chi connectivity index (χ3v) is 5.87. The SMILES string of the molecule is CO[C@@H]1[C@H](OC(=O)C(=O)CO)CC[C@]2(CO2)[C@H]1[C@@]1(C)O[C@@H]1CC=C(C)C. The molecule has 0 amide bonds. The van der Waals surface area contributed by atoms with Gasteiger partial charge in [0.25, 0.3) is 5.78 Å². The van der Waals surface area contributed by atoms with E-state index in [0.29, 0.717) is 13.0 Å². The minimum absolute atomic E-state index is 0.0645. The van der Waals surface area contributed by atoms with Crippen molar-refractivity contribution in [3.63, 3.8) is 0 Å². The van der Waals surface area contributed by atoms with Crippen LogP contribution < -0.4 is 0 Å². The van der Waals surface area contributed by atoms with Crippen LogP contribution in [0.25, 0.3) is 0 Å². The van der Waals surface area contributed by atoms with E-state index in [2.05, 4.69) is 26.8 Å². The minimum atomic E-state index is -1.02. The van der Waals surface area contributed by atoms with Gasteiger partial charge >= 0.3 is 5.97 Å². The molecule has 3 rings (SSSR count). The molecule has 1 aliphatic carbocycles. The van der Waals surface area contributed by atoms with Crippen molar-refractivity contribution in [2.45, 2.75) is 69.5 Å². The zero-order chi connectivity index (χ0) is 19.1. The van der Waals surface area contributed by atoms with Crippen LogP contribution in [-0.2, 0) is 28.5 Å². The quantitative estimate of drug-likeness (QED) is 0.312. The number of rotatable bonds is 7. The molecule has 2 saturated heterocycles. The Hall–Kier alpha value is -1.28. The van der Waals surface area contributed by atoms with Gasteiger partial charge in [0.05, 0.1) is 18.6 Å². The monoisotopic (exact) mass is 368 g/mol. The molecule has 0 aromatic carbocycles. The number of ketones is 1. The molecule has 0 bridgehead atoms. The van der Waals surface area contributed by atoms with E-state index in [4.69, 9.17) is 24.1 Å². The van der Waals surface area contributed by atoms with Crippen molar-refractivity contribution in [1.29, 1.82) is 0 Å². The Kier molecular flexibility index (Phi) is 5.27. The third kappa shape index (κ3) is 3.45. The first-order valence-corrected chi connectivity index (χ1v) is 9.10. The normalized spacial score (nSPS) is 40.8. The summed E-state index contributed by atoms with van der Waals surface area (Å²) in [6.07, 6.45) is 3.31. The second-order valence-electron chi connectivity index (χ2n) is 7.90. The Morgan fingerprint density at radius 3 is 2.58 bits per heavy atom. The van der Waals surface area contributed by atoms with Crippen LogP contribution in [0.15, 0.2) is 11.6 Å². The summed E-state index contributed by atoms with van der Waals surface area (Å²) in [6, 6.07) is 0. The Bertz CT molecular complexity index is 605. The molecule has 3 aliphatic rings. The Labute approximate surface area is 153 Å². The van der Waals surface area contributed by atoms with E-state index in [0.717, 1.165) is 12.8 Å². The maximum atomic E-state index is 11.8. The van der Waals surface area contributed by atoms with Crippen LogP contribution >= 0.6 is 0 Å². The summed E-state index contributed by atoms with van der Waals surface area (Å²) in [7, 11) is 1.57. The van der Waals surface area contributed by atoms with Crippen molar-refractivity contribution in [1.82, 2.24) is 0 Å². The van der Waals surface area contributed by atoms with E-state index in [1.807, 2.05) is 0 Å². The lowest BCUT2D eigenvalue weighted by atomic mass is 9.68. The van der Waals surface area contributed by atoms with Gasteiger partial charge in [0.15, 0.2) is 0 Å². The van der Waals surface area contributed by atoms with E-state index in [1.165, 1.54) is 5.57 Å². The molecule has 1 saturated carbocycles. The van der Waals surface area contributed by atoms with Crippen LogP contribution in [-0.4, -0.2) is 66.7 Å². The molecule has 26 heavy (non-hydrogen) atoms. The topological polar surface area (TPSA) is 97.9 Å². The highest BCUT2D eigenvalue weighted by atomic mass is 16.6. The summed E-state index contributed by atoms with van der Waals surface area (Å²) in [5.74, 6) is -2.06. The Morgan fingerprint density at radius 2 is 2.04 bits per heavy atom. The van der Waals surface area contributed by atoms with E-state index in [9.17, 15) is 9.59 Å². The molecular formula is C19H28O7. The first kappa shape index (κ1) is 19.5. The predicted molar refractivity (Wildman–Crippen MR) is 91.5 cm³/mol. The molecular weight excluding hydrogens is 340 g/mol. The second-order valence-corrected chi connectivity index (χ2v) is 7.90. The van der Waals surface area contributed by atoms with Gasteiger partial charge in [0.2, 0.25) is 0 Å². The molecule has 6 atom stereocenters. The van der Waals surface area contributed by atoms with Crippen molar-refractivity contribution in [2.75, 3.05) is 20.3 Å². The van der Waals surface area contributed by atoms with E-state index in [-0.39, 0.29) is 17.6 Å². The molecule has 146 valence electrons. The molecule has 0 aromatic rings. The smallest absolute Gasteiger partial charge is 0.377 e. The van der Waals surface area contributed by atoms with Gasteiger partial charge in [-0.15, -0.1) is 0 Å². The van der Waals surface area contributed by atoms with Crippen molar-refractivity contribution >= 4 is 11.8 Å². The van der Waals surface area contributed by atoms with Crippen molar-refractivity contribution in [2.24, 2.45) is 5.92 Å². The van der Waals surface area contributed by atoms with E-state index in [1.54, 1.807) is 7.11 Å². The molecule has 3 fully saturated rings. The van der Waals surface area contributed by atoms with Crippen LogP contribution in [0, 0.1) is 5.92 Å². The van der Waals surface area contributed by atoms with Crippen LogP contribution in [0.1, 0.15) is 40.0 Å². The third-order valence-electron chi connectivity index (χ3n) is 5.87. The molecule has 1 N–H and O–H groups in total. The van der Waals surface area contributed by atoms with Gasteiger partial charge in [-0.05, 0) is 40.0 Å². The lowest BCUT2D eigenvalue weighted by Gasteiger charge is -2.42. The molecule has 2 heterocycles. The lowest BCUT2D eigenvalue weighted by Crippen LogP contribution is -2.56. The first-order valence-electron chi connectivity index (χ1n) is 9.10. The summed E-state index contributed by atoms with van der Waals surface area (Å²) in [4.78, 5) is 23.2. The second kappa shape index (κ2) is 7.03. The Morgan fingerprint density at radius 1 is 1.35 bits per heavy atom. The molecule has 7 heteroatoms. The fraction of sp³-hybridized carbons (Fsp3) is 0.789. The first-order chi connectivity index (χ1) is 12.3. The summed E-state index contributed by atoms with van der Waals surface area (Å²) < 4.78 is 23.0. The number of Topliss-reactive ketones (excluding diaryl/α,β-unsaturated/α-hetero) is 1. The van der Waals surface area contributed by atoms with Gasteiger partial charge in [-0.1, -0.05) is 11.6 Å². The number of methoxy groups -OCH3 is 1. The zero-order valence-corrected chi connectivity index (χ0v) is 15.8. The fourth-order valence-electron chi connectivity index (χ4n) is 4.34. The number of allylic oxidation sites excluding steroid dienone is 1. The van der Waals surface area contributed by atoms with Crippen LogP contribution in [0.3, 0.4) is 0 Å². The van der Waals surface area contributed by atoms with Gasteiger partial charge in [0, 0.05) is 7.11 Å². The highest BCUT2D eigenvalue weighted by Crippen LogP contribution is 2.59. The summed E-state index contributed by atoms with van der Waals surface area (Å²) in [6.45, 7) is 5.95. The molecule has 2 aliphatic heterocycles. The maximum Gasteiger partial charge on any atom is 0.377 e. The average Bonchev–Trinajstić information content (AvgIpc) is 3.51. The summed E-state index contributed by atoms with van der Waals surface area (Å²) >= 11 is 0. The number of aliphatic hydroxyl groups excluding tert-OH is 1.